The summed E-state index contributed by atoms with van der Waals surface area (Å²) in [6.45, 7) is 1.39. The molecule has 128 valence electrons. The van der Waals surface area contributed by atoms with Crippen LogP contribution in [-0.2, 0) is 16.1 Å². The van der Waals surface area contributed by atoms with Crippen LogP contribution in [0, 0.1) is 0 Å². The Bertz CT molecular complexity index is 776. The molecule has 1 amide bonds. The smallest absolute Gasteiger partial charge is 0.227 e. The maximum atomic E-state index is 12.7. The first-order chi connectivity index (χ1) is 12.2. The third-order valence-corrected chi connectivity index (χ3v) is 4.92. The lowest BCUT2D eigenvalue weighted by atomic mass is 9.86. The number of piperidine rings is 1. The van der Waals surface area contributed by atoms with Crippen molar-refractivity contribution in [2.24, 2.45) is 5.16 Å². The summed E-state index contributed by atoms with van der Waals surface area (Å²) in [6, 6.07) is 13.8. The summed E-state index contributed by atoms with van der Waals surface area (Å²) < 4.78 is 0. The standard InChI is InChI=1S/C20H21N3O2/c24-19(12-16-6-2-1-3-7-16)23-11-5-9-20(15-23)13-18(22-25-20)17-8-4-10-21-14-17/h1-4,6-8,10,14H,5,9,11-13,15H2. The van der Waals surface area contributed by atoms with Gasteiger partial charge in [-0.15, -0.1) is 0 Å². The molecule has 0 saturated carbocycles. The molecule has 1 saturated heterocycles. The average Bonchev–Trinajstić information content (AvgIpc) is 3.06. The predicted octanol–water partition coefficient (Wildman–Crippen LogP) is 2.81. The highest BCUT2D eigenvalue weighted by Gasteiger charge is 2.44. The Hall–Kier alpha value is -2.69. The van der Waals surface area contributed by atoms with E-state index in [2.05, 4.69) is 10.1 Å². The number of hydrogen-bond donors (Lipinski definition) is 0. The number of aromatic nitrogens is 1. The Labute approximate surface area is 147 Å². The van der Waals surface area contributed by atoms with Gasteiger partial charge in [-0.1, -0.05) is 35.5 Å². The van der Waals surface area contributed by atoms with Crippen LogP contribution in [0.5, 0.6) is 0 Å². The van der Waals surface area contributed by atoms with E-state index in [4.69, 9.17) is 4.84 Å². The fraction of sp³-hybridized carbons (Fsp3) is 0.350. The molecular formula is C20H21N3O2. The fourth-order valence-electron chi connectivity index (χ4n) is 3.62. The molecule has 0 radical (unpaired) electrons. The van der Waals surface area contributed by atoms with E-state index in [0.717, 1.165) is 42.6 Å². The number of hydrogen-bond acceptors (Lipinski definition) is 4. The SMILES string of the molecule is O=C(Cc1ccccc1)N1CCCC2(CC(c3cccnc3)=NO2)C1. The van der Waals surface area contributed by atoms with Crippen molar-refractivity contribution in [2.45, 2.75) is 31.3 Å². The zero-order valence-electron chi connectivity index (χ0n) is 14.1. The van der Waals surface area contributed by atoms with Crippen molar-refractivity contribution < 1.29 is 9.63 Å². The molecule has 0 aliphatic carbocycles. The number of benzene rings is 1. The largest absolute Gasteiger partial charge is 0.387 e. The maximum absolute atomic E-state index is 12.7. The van der Waals surface area contributed by atoms with Crippen LogP contribution in [0.15, 0.2) is 60.0 Å². The number of oxime groups is 1. The molecule has 25 heavy (non-hydrogen) atoms. The number of likely N-dealkylation sites (tertiary alicyclic amines) is 1. The van der Waals surface area contributed by atoms with Crippen LogP contribution < -0.4 is 0 Å². The minimum atomic E-state index is -0.379. The number of carbonyl (C=O) groups is 1. The highest BCUT2D eigenvalue weighted by Crippen LogP contribution is 2.35. The molecule has 1 unspecified atom stereocenters. The van der Waals surface area contributed by atoms with Gasteiger partial charge in [-0.3, -0.25) is 9.78 Å². The van der Waals surface area contributed by atoms with Crippen molar-refractivity contribution in [1.82, 2.24) is 9.88 Å². The predicted molar refractivity (Wildman–Crippen MR) is 95.2 cm³/mol. The van der Waals surface area contributed by atoms with E-state index in [-0.39, 0.29) is 11.5 Å². The second kappa shape index (κ2) is 6.67. The topological polar surface area (TPSA) is 54.8 Å². The summed E-state index contributed by atoms with van der Waals surface area (Å²) in [6.07, 6.45) is 6.59. The van der Waals surface area contributed by atoms with Crippen LogP contribution in [0.3, 0.4) is 0 Å². The Balaban J connectivity index is 1.42. The van der Waals surface area contributed by atoms with E-state index < -0.39 is 0 Å². The van der Waals surface area contributed by atoms with Crippen molar-refractivity contribution >= 4 is 11.6 Å². The molecule has 2 aliphatic heterocycles. The zero-order valence-corrected chi connectivity index (χ0v) is 14.1. The second-order valence-corrected chi connectivity index (χ2v) is 6.81. The van der Waals surface area contributed by atoms with Gasteiger partial charge in [0.25, 0.3) is 0 Å². The molecule has 3 heterocycles. The summed E-state index contributed by atoms with van der Waals surface area (Å²) in [5.74, 6) is 0.156. The summed E-state index contributed by atoms with van der Waals surface area (Å²) in [4.78, 5) is 24.6. The number of pyridine rings is 1. The van der Waals surface area contributed by atoms with E-state index in [0.29, 0.717) is 13.0 Å². The highest BCUT2D eigenvalue weighted by molar-refractivity contribution is 6.01. The van der Waals surface area contributed by atoms with Crippen molar-refractivity contribution in [3.63, 3.8) is 0 Å². The molecule has 1 aromatic heterocycles. The summed E-state index contributed by atoms with van der Waals surface area (Å²) in [7, 11) is 0. The molecule has 2 aromatic rings. The zero-order chi connectivity index (χ0) is 17.1. The second-order valence-electron chi connectivity index (χ2n) is 6.81. The number of amides is 1. The van der Waals surface area contributed by atoms with Gasteiger partial charge in [0.2, 0.25) is 5.91 Å². The molecule has 2 aliphatic rings. The van der Waals surface area contributed by atoms with Gasteiger partial charge in [0.1, 0.15) is 0 Å². The molecule has 1 atom stereocenters. The van der Waals surface area contributed by atoms with Gasteiger partial charge < -0.3 is 9.74 Å². The molecule has 0 N–H and O–H groups in total. The first-order valence-electron chi connectivity index (χ1n) is 8.71. The summed E-state index contributed by atoms with van der Waals surface area (Å²) in [5, 5.41) is 4.30. The lowest BCUT2D eigenvalue weighted by molar-refractivity contribution is -0.139. The highest BCUT2D eigenvalue weighted by atomic mass is 16.7. The van der Waals surface area contributed by atoms with Crippen molar-refractivity contribution in [1.29, 1.82) is 0 Å². The van der Waals surface area contributed by atoms with Crippen molar-refractivity contribution in [2.75, 3.05) is 13.1 Å². The normalized spacial score (nSPS) is 22.6. The third kappa shape index (κ3) is 3.40. The van der Waals surface area contributed by atoms with E-state index in [9.17, 15) is 4.79 Å². The van der Waals surface area contributed by atoms with Gasteiger partial charge in [-0.25, -0.2) is 0 Å². The van der Waals surface area contributed by atoms with E-state index in [1.165, 1.54) is 0 Å². The molecule has 5 nitrogen and oxygen atoms in total. The van der Waals surface area contributed by atoms with E-state index in [1.54, 1.807) is 6.20 Å². The van der Waals surface area contributed by atoms with Crippen LogP contribution in [0.25, 0.3) is 0 Å². The number of carbonyl (C=O) groups excluding carboxylic acids is 1. The van der Waals surface area contributed by atoms with Crippen LogP contribution in [-0.4, -0.2) is 40.2 Å². The lowest BCUT2D eigenvalue weighted by Crippen LogP contribution is -2.50. The molecule has 1 spiro atoms. The van der Waals surface area contributed by atoms with Gasteiger partial charge in [0.15, 0.2) is 5.60 Å². The Morgan fingerprint density at radius 1 is 1.20 bits per heavy atom. The monoisotopic (exact) mass is 335 g/mol. The van der Waals surface area contributed by atoms with Gasteiger partial charge >= 0.3 is 0 Å². The van der Waals surface area contributed by atoms with Gasteiger partial charge in [-0.05, 0) is 30.5 Å². The number of rotatable bonds is 3. The number of nitrogens with zero attached hydrogens (tertiary/aromatic N) is 3. The van der Waals surface area contributed by atoms with Gasteiger partial charge in [0.05, 0.1) is 18.7 Å². The first kappa shape index (κ1) is 15.8. The van der Waals surface area contributed by atoms with Gasteiger partial charge in [0, 0.05) is 30.9 Å². The molecule has 0 bridgehead atoms. The molecule has 1 fully saturated rings. The quantitative estimate of drug-likeness (QED) is 0.867. The first-order valence-corrected chi connectivity index (χ1v) is 8.71. The van der Waals surface area contributed by atoms with Gasteiger partial charge in [-0.2, -0.15) is 0 Å². The Morgan fingerprint density at radius 2 is 2.08 bits per heavy atom. The maximum Gasteiger partial charge on any atom is 0.227 e. The van der Waals surface area contributed by atoms with E-state index >= 15 is 0 Å². The molecule has 4 rings (SSSR count). The minimum Gasteiger partial charge on any atom is -0.387 e. The Morgan fingerprint density at radius 3 is 2.88 bits per heavy atom. The van der Waals surface area contributed by atoms with Crippen LogP contribution in [0.1, 0.15) is 30.4 Å². The third-order valence-electron chi connectivity index (χ3n) is 4.92. The van der Waals surface area contributed by atoms with Crippen molar-refractivity contribution in [3.8, 4) is 0 Å². The molecule has 1 aromatic carbocycles. The van der Waals surface area contributed by atoms with Crippen LogP contribution in [0.4, 0.5) is 0 Å². The van der Waals surface area contributed by atoms with E-state index in [1.807, 2.05) is 53.6 Å². The average molecular weight is 335 g/mol. The lowest BCUT2D eigenvalue weighted by Gasteiger charge is -2.38. The summed E-state index contributed by atoms with van der Waals surface area (Å²) >= 11 is 0. The van der Waals surface area contributed by atoms with Crippen LogP contribution >= 0.6 is 0 Å². The van der Waals surface area contributed by atoms with Crippen LogP contribution in [0.2, 0.25) is 0 Å². The fourth-order valence-corrected chi connectivity index (χ4v) is 3.62. The summed E-state index contributed by atoms with van der Waals surface area (Å²) in [5.41, 5.74) is 2.58. The molecule has 5 heteroatoms. The van der Waals surface area contributed by atoms with Crippen molar-refractivity contribution in [3.05, 3.63) is 66.0 Å². The Kier molecular flexibility index (Phi) is 4.22. The molecular weight excluding hydrogens is 314 g/mol. The minimum absolute atomic E-state index is 0.156.